The second kappa shape index (κ2) is 9.06. The number of esters is 1. The van der Waals surface area contributed by atoms with Crippen molar-refractivity contribution in [3.8, 4) is 0 Å². The molecule has 3 nitrogen and oxygen atoms in total. The van der Waals surface area contributed by atoms with Gasteiger partial charge in [-0.1, -0.05) is 53.8 Å². The zero-order chi connectivity index (χ0) is 15.9. The van der Waals surface area contributed by atoms with Gasteiger partial charge in [0.2, 0.25) is 0 Å². The normalized spacial score (nSPS) is 37.4. The first-order valence-electron chi connectivity index (χ1n) is 8.46. The van der Waals surface area contributed by atoms with Gasteiger partial charge >= 0.3 is 5.97 Å². The predicted octanol–water partition coefficient (Wildman–Crippen LogP) is 4.19. The van der Waals surface area contributed by atoms with Gasteiger partial charge in [-0.05, 0) is 38.5 Å². The van der Waals surface area contributed by atoms with Crippen molar-refractivity contribution in [1.29, 1.82) is 0 Å². The van der Waals surface area contributed by atoms with Crippen molar-refractivity contribution < 1.29 is 14.6 Å². The van der Waals surface area contributed by atoms with E-state index >= 15 is 0 Å². The van der Waals surface area contributed by atoms with E-state index in [1.807, 2.05) is 0 Å². The van der Waals surface area contributed by atoms with E-state index in [4.69, 9.17) is 4.74 Å². The number of aliphatic hydroxyl groups is 1. The fraction of sp³-hybridized carbons (Fsp3) is 0.722. The Hall–Kier alpha value is -0.360. The first kappa shape index (κ1) is 18.0. The van der Waals surface area contributed by atoms with Crippen LogP contribution in [0.5, 0.6) is 0 Å². The number of hydrogen-bond acceptors (Lipinski definition) is 3. The summed E-state index contributed by atoms with van der Waals surface area (Å²) in [4.78, 5) is 12.1. The molecule has 5 atom stereocenters. The summed E-state index contributed by atoms with van der Waals surface area (Å²) >= 11 is 2.33. The molecule has 124 valence electrons. The third kappa shape index (κ3) is 4.82. The van der Waals surface area contributed by atoms with Gasteiger partial charge < -0.3 is 9.84 Å². The van der Waals surface area contributed by atoms with Gasteiger partial charge in [0.1, 0.15) is 6.10 Å². The Balaban J connectivity index is 2.16. The summed E-state index contributed by atoms with van der Waals surface area (Å²) in [6.45, 7) is 2.07. The van der Waals surface area contributed by atoms with Crippen LogP contribution < -0.4 is 0 Å². The minimum atomic E-state index is -0.341. The van der Waals surface area contributed by atoms with Crippen molar-refractivity contribution in [2.24, 2.45) is 11.8 Å². The molecule has 1 fully saturated rings. The van der Waals surface area contributed by atoms with Crippen LogP contribution in [0.1, 0.15) is 51.9 Å². The molecule has 0 radical (unpaired) electrons. The SMILES string of the molecule is CCC1OC(=O)CCCCC=CCC=CC2C(O)C(I)CC12. The quantitative estimate of drug-likeness (QED) is 0.301. The van der Waals surface area contributed by atoms with Crippen molar-refractivity contribution in [2.45, 2.75) is 68.0 Å². The Kier molecular flexibility index (Phi) is 7.41. The number of hydrogen-bond donors (Lipinski definition) is 1. The van der Waals surface area contributed by atoms with Crippen LogP contribution in [-0.4, -0.2) is 27.2 Å². The zero-order valence-corrected chi connectivity index (χ0v) is 15.4. The minimum Gasteiger partial charge on any atom is -0.462 e. The molecule has 1 heterocycles. The summed E-state index contributed by atoms with van der Waals surface area (Å²) in [5.74, 6) is 0.243. The lowest BCUT2D eigenvalue weighted by atomic mass is 9.88. The lowest BCUT2D eigenvalue weighted by Gasteiger charge is -2.27. The largest absolute Gasteiger partial charge is 0.462 e. The molecule has 1 aliphatic carbocycles. The van der Waals surface area contributed by atoms with E-state index in [1.54, 1.807) is 0 Å². The molecule has 22 heavy (non-hydrogen) atoms. The number of aliphatic hydroxyl groups excluding tert-OH is 1. The molecule has 2 rings (SSSR count). The number of rotatable bonds is 1. The van der Waals surface area contributed by atoms with Crippen molar-refractivity contribution in [3.63, 3.8) is 0 Å². The van der Waals surface area contributed by atoms with Crippen LogP contribution in [-0.2, 0) is 9.53 Å². The molecule has 2 aliphatic rings. The van der Waals surface area contributed by atoms with Gasteiger partial charge in [-0.25, -0.2) is 0 Å². The monoisotopic (exact) mass is 418 g/mol. The smallest absolute Gasteiger partial charge is 0.306 e. The molecule has 0 bridgehead atoms. The van der Waals surface area contributed by atoms with Gasteiger partial charge in [0, 0.05) is 22.2 Å². The van der Waals surface area contributed by atoms with Crippen molar-refractivity contribution in [3.05, 3.63) is 24.3 Å². The summed E-state index contributed by atoms with van der Waals surface area (Å²) in [5.41, 5.74) is 0. The fourth-order valence-corrected chi connectivity index (χ4v) is 4.53. The highest BCUT2D eigenvalue weighted by molar-refractivity contribution is 14.1. The molecule has 1 N–H and O–H groups in total. The molecule has 0 spiro atoms. The van der Waals surface area contributed by atoms with Crippen LogP contribution in [0, 0.1) is 11.8 Å². The molecular weight excluding hydrogens is 391 g/mol. The number of fused-ring (bicyclic) bond motifs is 1. The van der Waals surface area contributed by atoms with Crippen LogP contribution >= 0.6 is 22.6 Å². The lowest BCUT2D eigenvalue weighted by Crippen LogP contribution is -2.31. The maximum Gasteiger partial charge on any atom is 0.306 e. The molecule has 0 aromatic rings. The maximum absolute atomic E-state index is 12.1. The second-order valence-corrected chi connectivity index (χ2v) is 7.90. The molecule has 0 aromatic carbocycles. The number of cyclic esters (lactones) is 1. The van der Waals surface area contributed by atoms with Crippen LogP contribution in [0.25, 0.3) is 0 Å². The van der Waals surface area contributed by atoms with E-state index < -0.39 is 0 Å². The van der Waals surface area contributed by atoms with Gasteiger partial charge in [-0.2, -0.15) is 0 Å². The predicted molar refractivity (Wildman–Crippen MR) is 96.9 cm³/mol. The highest BCUT2D eigenvalue weighted by Crippen LogP contribution is 2.41. The first-order chi connectivity index (χ1) is 10.6. The van der Waals surface area contributed by atoms with E-state index in [0.29, 0.717) is 6.42 Å². The van der Waals surface area contributed by atoms with Crippen LogP contribution in [0.3, 0.4) is 0 Å². The van der Waals surface area contributed by atoms with Gasteiger partial charge in [0.15, 0.2) is 0 Å². The Labute approximate surface area is 147 Å². The summed E-state index contributed by atoms with van der Waals surface area (Å²) in [5, 5.41) is 10.5. The number of carbonyl (C=O) groups excluding carboxylic acids is 1. The standard InChI is InChI=1S/C18H27IO3/c1-2-16-14-12-15(19)18(21)13(14)10-8-6-4-3-5-7-9-11-17(20)22-16/h3-4,8,10,13-16,18,21H,2,5-7,9,11-12H2,1H3. The topological polar surface area (TPSA) is 46.5 Å². The van der Waals surface area contributed by atoms with Gasteiger partial charge in [0.25, 0.3) is 0 Å². The van der Waals surface area contributed by atoms with Crippen LogP contribution in [0.2, 0.25) is 0 Å². The summed E-state index contributed by atoms with van der Waals surface area (Å²) in [6, 6.07) is 0. The molecule has 5 unspecified atom stereocenters. The summed E-state index contributed by atoms with van der Waals surface area (Å²) in [6.07, 6.45) is 14.3. The highest BCUT2D eigenvalue weighted by Gasteiger charge is 2.44. The fourth-order valence-electron chi connectivity index (χ4n) is 3.47. The second-order valence-electron chi connectivity index (χ2n) is 6.30. The molecular formula is C18H27IO3. The van der Waals surface area contributed by atoms with Crippen molar-refractivity contribution >= 4 is 28.6 Å². The molecule has 4 heteroatoms. The Bertz CT molecular complexity index is 419. The third-order valence-electron chi connectivity index (χ3n) is 4.72. The lowest BCUT2D eigenvalue weighted by molar-refractivity contribution is -0.153. The third-order valence-corrected chi connectivity index (χ3v) is 5.96. The Morgan fingerprint density at radius 2 is 2.14 bits per heavy atom. The molecule has 1 aliphatic heterocycles. The molecule has 0 amide bonds. The van der Waals surface area contributed by atoms with Gasteiger partial charge in [-0.15, -0.1) is 0 Å². The van der Waals surface area contributed by atoms with Crippen LogP contribution in [0.15, 0.2) is 24.3 Å². The van der Waals surface area contributed by atoms with Gasteiger partial charge in [0.05, 0.1) is 6.10 Å². The Morgan fingerprint density at radius 3 is 2.91 bits per heavy atom. The minimum absolute atomic E-state index is 0.0740. The number of carbonyl (C=O) groups is 1. The average Bonchev–Trinajstić information content (AvgIpc) is 2.78. The summed E-state index contributed by atoms with van der Waals surface area (Å²) < 4.78 is 5.98. The van der Waals surface area contributed by atoms with E-state index in [0.717, 1.165) is 38.5 Å². The number of alkyl halides is 1. The van der Waals surface area contributed by atoms with E-state index in [-0.39, 0.29) is 33.9 Å². The van der Waals surface area contributed by atoms with E-state index in [1.165, 1.54) is 0 Å². The molecule has 1 saturated carbocycles. The first-order valence-corrected chi connectivity index (χ1v) is 9.71. The number of halogens is 1. The average molecular weight is 418 g/mol. The number of allylic oxidation sites excluding steroid dienone is 3. The van der Waals surface area contributed by atoms with Crippen molar-refractivity contribution in [2.75, 3.05) is 0 Å². The zero-order valence-electron chi connectivity index (χ0n) is 13.3. The maximum atomic E-state index is 12.1. The summed E-state index contributed by atoms with van der Waals surface area (Å²) in [7, 11) is 0. The molecule has 0 aromatic heterocycles. The number of ether oxygens (including phenoxy) is 1. The highest BCUT2D eigenvalue weighted by atomic mass is 127. The Morgan fingerprint density at radius 1 is 1.32 bits per heavy atom. The van der Waals surface area contributed by atoms with Crippen molar-refractivity contribution in [1.82, 2.24) is 0 Å². The molecule has 0 saturated heterocycles. The van der Waals surface area contributed by atoms with Crippen LogP contribution in [0.4, 0.5) is 0 Å². The van der Waals surface area contributed by atoms with E-state index in [9.17, 15) is 9.90 Å². The van der Waals surface area contributed by atoms with Gasteiger partial charge in [-0.3, -0.25) is 4.79 Å². The van der Waals surface area contributed by atoms with E-state index in [2.05, 4.69) is 53.8 Å².